The zero-order chi connectivity index (χ0) is 17.6. The van der Waals surface area contributed by atoms with Gasteiger partial charge in [-0.1, -0.05) is 30.0 Å². The zero-order valence-corrected chi connectivity index (χ0v) is 15.2. The number of pyridine rings is 1. The summed E-state index contributed by atoms with van der Waals surface area (Å²) in [6.45, 7) is 3.70. The maximum atomic E-state index is 11.1. The van der Waals surface area contributed by atoms with Crippen LogP contribution in [0.4, 0.5) is 0 Å². The Balaban J connectivity index is 1.97. The van der Waals surface area contributed by atoms with Crippen molar-refractivity contribution < 1.29 is 4.79 Å². The summed E-state index contributed by atoms with van der Waals surface area (Å²) in [5.74, 6) is 1.82. The number of aryl methyl sites for hydroxylation is 1. The Kier molecular flexibility index (Phi) is 5.60. The quantitative estimate of drug-likeness (QED) is 0.473. The first-order valence-corrected chi connectivity index (χ1v) is 9.19. The number of benzene rings is 1. The van der Waals surface area contributed by atoms with Gasteiger partial charge in [-0.15, -0.1) is 10.2 Å². The molecule has 0 radical (unpaired) electrons. The van der Waals surface area contributed by atoms with Crippen LogP contribution in [0.25, 0.3) is 17.1 Å². The molecule has 0 spiro atoms. The van der Waals surface area contributed by atoms with Gasteiger partial charge in [-0.05, 0) is 44.0 Å². The Bertz CT molecular complexity index is 861. The normalized spacial score (nSPS) is 10.8. The number of carbonyl (C=O) groups is 1. The van der Waals surface area contributed by atoms with Crippen molar-refractivity contribution >= 4 is 17.5 Å². The van der Waals surface area contributed by atoms with Crippen molar-refractivity contribution in [3.63, 3.8) is 0 Å². The number of aromatic nitrogens is 4. The van der Waals surface area contributed by atoms with Crippen LogP contribution in [0.1, 0.15) is 25.3 Å². The molecule has 0 unspecified atom stereocenters. The van der Waals surface area contributed by atoms with Gasteiger partial charge in [0.25, 0.3) is 0 Å². The van der Waals surface area contributed by atoms with Crippen molar-refractivity contribution in [3.8, 4) is 17.1 Å². The highest BCUT2D eigenvalue weighted by Gasteiger charge is 2.17. The average Bonchev–Trinajstić information content (AvgIpc) is 3.03. The summed E-state index contributed by atoms with van der Waals surface area (Å²) in [5.41, 5.74) is 3.13. The third-order valence-electron chi connectivity index (χ3n) is 3.81. The van der Waals surface area contributed by atoms with E-state index in [1.807, 2.05) is 24.3 Å². The van der Waals surface area contributed by atoms with Crippen LogP contribution in [0.3, 0.4) is 0 Å². The molecule has 0 aliphatic carbocycles. The molecule has 3 rings (SSSR count). The van der Waals surface area contributed by atoms with Gasteiger partial charge in [0.05, 0.1) is 5.69 Å². The Morgan fingerprint density at radius 3 is 2.72 bits per heavy atom. The van der Waals surface area contributed by atoms with Crippen molar-refractivity contribution in [2.75, 3.05) is 5.75 Å². The van der Waals surface area contributed by atoms with E-state index in [1.165, 1.54) is 0 Å². The molecule has 3 aromatic rings. The summed E-state index contributed by atoms with van der Waals surface area (Å²) in [7, 11) is 0. The fourth-order valence-corrected chi connectivity index (χ4v) is 3.45. The van der Waals surface area contributed by atoms with Crippen LogP contribution in [0.5, 0.6) is 0 Å². The van der Waals surface area contributed by atoms with Crippen molar-refractivity contribution in [2.45, 2.75) is 31.8 Å². The van der Waals surface area contributed by atoms with Gasteiger partial charge in [-0.3, -0.25) is 9.55 Å². The van der Waals surface area contributed by atoms with E-state index in [0.29, 0.717) is 6.42 Å². The number of rotatable bonds is 7. The van der Waals surface area contributed by atoms with Gasteiger partial charge in [-0.2, -0.15) is 0 Å². The van der Waals surface area contributed by atoms with E-state index in [4.69, 9.17) is 0 Å². The molecule has 0 bridgehead atoms. The van der Waals surface area contributed by atoms with Crippen LogP contribution in [-0.4, -0.2) is 31.3 Å². The molecule has 2 aromatic heterocycles. The first kappa shape index (κ1) is 17.4. The van der Waals surface area contributed by atoms with Crippen LogP contribution in [0.15, 0.2) is 53.9 Å². The van der Waals surface area contributed by atoms with Crippen LogP contribution < -0.4 is 0 Å². The molecule has 1 aromatic carbocycles. The molecule has 0 fully saturated rings. The smallest absolute Gasteiger partial charge is 0.196 e. The van der Waals surface area contributed by atoms with Crippen LogP contribution in [-0.2, 0) is 4.79 Å². The molecule has 128 valence electrons. The van der Waals surface area contributed by atoms with Gasteiger partial charge in [-0.25, -0.2) is 0 Å². The first-order chi connectivity index (χ1) is 12.2. The lowest BCUT2D eigenvalue weighted by Gasteiger charge is -2.12. The highest BCUT2D eigenvalue weighted by atomic mass is 32.2. The highest BCUT2D eigenvalue weighted by Crippen LogP contribution is 2.29. The van der Waals surface area contributed by atoms with E-state index in [9.17, 15) is 4.79 Å². The van der Waals surface area contributed by atoms with E-state index in [2.05, 4.69) is 38.8 Å². The highest BCUT2D eigenvalue weighted by molar-refractivity contribution is 7.99. The molecule has 5 nitrogen and oxygen atoms in total. The molecule has 2 heterocycles. The number of carbonyl (C=O) groups excluding carboxylic acids is 1. The second kappa shape index (κ2) is 8.07. The number of hydrogen-bond acceptors (Lipinski definition) is 5. The maximum Gasteiger partial charge on any atom is 0.196 e. The number of para-hydroxylation sites is 1. The minimum atomic E-state index is 0.219. The molecule has 0 saturated carbocycles. The van der Waals surface area contributed by atoms with Crippen molar-refractivity contribution in [3.05, 3.63) is 54.4 Å². The molecule has 0 atom stereocenters. The molecular formula is C19H20N4OS. The van der Waals surface area contributed by atoms with Gasteiger partial charge in [0.2, 0.25) is 0 Å². The van der Waals surface area contributed by atoms with E-state index in [0.717, 1.165) is 40.0 Å². The third-order valence-corrected chi connectivity index (χ3v) is 4.83. The monoisotopic (exact) mass is 352 g/mol. The van der Waals surface area contributed by atoms with Crippen LogP contribution in [0.2, 0.25) is 0 Å². The Hall–Kier alpha value is -2.47. The lowest BCUT2D eigenvalue weighted by molar-refractivity contribution is -0.117. The van der Waals surface area contributed by atoms with Gasteiger partial charge in [0.15, 0.2) is 11.0 Å². The third kappa shape index (κ3) is 4.14. The molecule has 0 N–H and O–H groups in total. The van der Waals surface area contributed by atoms with Gasteiger partial charge >= 0.3 is 0 Å². The topological polar surface area (TPSA) is 60.7 Å². The van der Waals surface area contributed by atoms with Crippen molar-refractivity contribution in [1.82, 2.24) is 19.7 Å². The second-order valence-electron chi connectivity index (χ2n) is 5.82. The summed E-state index contributed by atoms with van der Waals surface area (Å²) in [6, 6.07) is 12.1. The summed E-state index contributed by atoms with van der Waals surface area (Å²) in [6.07, 6.45) is 4.97. The first-order valence-electron chi connectivity index (χ1n) is 8.21. The molecule has 6 heteroatoms. The fourth-order valence-electron chi connectivity index (χ4n) is 2.56. The summed E-state index contributed by atoms with van der Waals surface area (Å²) in [4.78, 5) is 15.3. The molecule has 0 saturated heterocycles. The average molecular weight is 352 g/mol. The molecule has 0 aliphatic rings. The fraction of sp³-hybridized carbons (Fsp3) is 0.263. The van der Waals surface area contributed by atoms with E-state index in [-0.39, 0.29) is 5.78 Å². The van der Waals surface area contributed by atoms with Crippen molar-refractivity contribution in [2.24, 2.45) is 0 Å². The predicted octanol–water partition coefficient (Wildman–Crippen LogP) is 4.10. The number of thioether (sulfide) groups is 1. The predicted molar refractivity (Wildman–Crippen MR) is 100.0 cm³/mol. The van der Waals surface area contributed by atoms with E-state index >= 15 is 0 Å². The Morgan fingerprint density at radius 2 is 2.00 bits per heavy atom. The van der Waals surface area contributed by atoms with Crippen molar-refractivity contribution in [1.29, 1.82) is 0 Å². The Morgan fingerprint density at radius 1 is 1.16 bits per heavy atom. The Labute approximate surface area is 151 Å². The lowest BCUT2D eigenvalue weighted by atomic mass is 10.2. The largest absolute Gasteiger partial charge is 0.300 e. The molecule has 0 amide bonds. The molecular weight excluding hydrogens is 332 g/mol. The molecule has 0 aliphatic heterocycles. The lowest BCUT2D eigenvalue weighted by Crippen LogP contribution is -2.02. The minimum absolute atomic E-state index is 0.219. The number of nitrogens with zero attached hydrogens (tertiary/aromatic N) is 4. The summed E-state index contributed by atoms with van der Waals surface area (Å²) < 4.78 is 2.07. The number of Topliss-reactive ketones (excluding diaryl/α,β-unsaturated/α-hetero) is 1. The minimum Gasteiger partial charge on any atom is -0.300 e. The van der Waals surface area contributed by atoms with Gasteiger partial charge < -0.3 is 4.79 Å². The number of ketones is 1. The molecule has 25 heavy (non-hydrogen) atoms. The standard InChI is InChI=1S/C19H20N4OS/c1-14-7-3-4-10-17(14)23-18(16-9-5-11-20-13-16)21-22-19(23)25-12-6-8-15(2)24/h3-5,7,9-11,13H,6,8,12H2,1-2H3. The van der Waals surface area contributed by atoms with Gasteiger partial charge in [0, 0.05) is 30.1 Å². The second-order valence-corrected chi connectivity index (χ2v) is 6.89. The zero-order valence-electron chi connectivity index (χ0n) is 14.3. The van der Waals surface area contributed by atoms with Gasteiger partial charge in [0.1, 0.15) is 5.78 Å². The SMILES string of the molecule is CC(=O)CCCSc1nnc(-c2cccnc2)n1-c1ccccc1C. The van der Waals surface area contributed by atoms with Crippen LogP contribution >= 0.6 is 11.8 Å². The summed E-state index contributed by atoms with van der Waals surface area (Å²) in [5, 5.41) is 9.62. The van der Waals surface area contributed by atoms with Crippen LogP contribution in [0, 0.1) is 6.92 Å². The van der Waals surface area contributed by atoms with E-state index in [1.54, 1.807) is 31.1 Å². The number of hydrogen-bond donors (Lipinski definition) is 0. The van der Waals surface area contributed by atoms with E-state index < -0.39 is 0 Å². The summed E-state index contributed by atoms with van der Waals surface area (Å²) >= 11 is 1.62. The maximum absolute atomic E-state index is 11.1.